The van der Waals surface area contributed by atoms with Gasteiger partial charge in [0.2, 0.25) is 6.23 Å². The summed E-state index contributed by atoms with van der Waals surface area (Å²) in [4.78, 5) is 0. The predicted octanol–water partition coefficient (Wildman–Crippen LogP) is 5.18. The van der Waals surface area contributed by atoms with Gasteiger partial charge >= 0.3 is 0 Å². The summed E-state index contributed by atoms with van der Waals surface area (Å²) in [5, 5.41) is 7.51. The highest BCUT2D eigenvalue weighted by atomic mass is 35.5. The minimum absolute atomic E-state index is 0.0162. The second-order valence-electron chi connectivity index (χ2n) is 6.52. The van der Waals surface area contributed by atoms with E-state index in [1.165, 1.54) is 0 Å². The molecule has 0 N–H and O–H groups in total. The van der Waals surface area contributed by atoms with Crippen LogP contribution < -0.4 is 9.47 Å². The van der Waals surface area contributed by atoms with Gasteiger partial charge in [-0.15, -0.1) is 0 Å². The largest absolute Gasteiger partial charge is 0.496 e. The van der Waals surface area contributed by atoms with Crippen LogP contribution in [0.15, 0.2) is 70.4 Å². The van der Waals surface area contributed by atoms with E-state index >= 15 is 0 Å². The van der Waals surface area contributed by atoms with E-state index in [0.717, 1.165) is 40.5 Å². The first kappa shape index (κ1) is 16.3. The van der Waals surface area contributed by atoms with Crippen molar-refractivity contribution >= 4 is 17.3 Å². The lowest BCUT2D eigenvalue weighted by Crippen LogP contribution is -2.33. The van der Waals surface area contributed by atoms with Crippen molar-refractivity contribution in [1.29, 1.82) is 0 Å². The van der Waals surface area contributed by atoms with Gasteiger partial charge in [0.05, 0.1) is 25.0 Å². The molecule has 27 heavy (non-hydrogen) atoms. The molecule has 2 aliphatic rings. The van der Waals surface area contributed by atoms with Crippen LogP contribution in [-0.2, 0) is 0 Å². The number of furan rings is 1. The van der Waals surface area contributed by atoms with Gasteiger partial charge < -0.3 is 13.9 Å². The third-order valence-corrected chi connectivity index (χ3v) is 5.20. The van der Waals surface area contributed by atoms with Crippen LogP contribution in [0.5, 0.6) is 11.5 Å². The zero-order valence-electron chi connectivity index (χ0n) is 14.6. The number of hydrazone groups is 1. The summed E-state index contributed by atoms with van der Waals surface area (Å²) in [7, 11) is 1.66. The van der Waals surface area contributed by atoms with E-state index in [2.05, 4.69) is 0 Å². The van der Waals surface area contributed by atoms with E-state index in [4.69, 9.17) is 30.6 Å². The molecule has 136 valence electrons. The Morgan fingerprint density at radius 3 is 2.81 bits per heavy atom. The van der Waals surface area contributed by atoms with E-state index in [-0.39, 0.29) is 6.04 Å². The van der Waals surface area contributed by atoms with Crippen molar-refractivity contribution in [3.63, 3.8) is 0 Å². The van der Waals surface area contributed by atoms with Gasteiger partial charge in [-0.25, -0.2) is 5.01 Å². The predicted molar refractivity (Wildman–Crippen MR) is 102 cm³/mol. The van der Waals surface area contributed by atoms with Crippen molar-refractivity contribution < 1.29 is 13.9 Å². The van der Waals surface area contributed by atoms with Crippen molar-refractivity contribution in [3.8, 4) is 11.5 Å². The average Bonchev–Trinajstić information content (AvgIpc) is 3.37. The molecule has 0 radical (unpaired) electrons. The monoisotopic (exact) mass is 380 g/mol. The standard InChI is InChI=1S/C21H17ClN2O3/c1-25-18-6-3-2-5-14(18)21-24-17(12-16(23-24)20-7-4-10-26-20)15-11-13(22)8-9-19(15)27-21/h2-11,17,21H,12H2,1H3/t17-,21+/m1/s1. The molecule has 5 rings (SSSR count). The molecule has 0 unspecified atom stereocenters. The molecule has 6 heteroatoms. The number of nitrogens with zero attached hydrogens (tertiary/aromatic N) is 2. The molecule has 0 aliphatic carbocycles. The Balaban J connectivity index is 1.64. The molecular formula is C21H17ClN2O3. The first-order valence-electron chi connectivity index (χ1n) is 8.73. The van der Waals surface area contributed by atoms with E-state index in [9.17, 15) is 0 Å². The number of hydrogen-bond donors (Lipinski definition) is 0. The summed E-state index contributed by atoms with van der Waals surface area (Å²) < 4.78 is 17.5. The maximum absolute atomic E-state index is 6.34. The smallest absolute Gasteiger partial charge is 0.217 e. The van der Waals surface area contributed by atoms with Crippen LogP contribution in [0.25, 0.3) is 0 Å². The summed E-state index contributed by atoms with van der Waals surface area (Å²) in [6.45, 7) is 0. The van der Waals surface area contributed by atoms with Gasteiger partial charge in [0.1, 0.15) is 23.0 Å². The second kappa shape index (κ2) is 6.35. The number of halogens is 1. The third kappa shape index (κ3) is 2.66. The Kier molecular flexibility index (Phi) is 3.83. The van der Waals surface area contributed by atoms with Crippen LogP contribution in [-0.4, -0.2) is 17.8 Å². The van der Waals surface area contributed by atoms with Crippen LogP contribution in [0.4, 0.5) is 0 Å². The highest BCUT2D eigenvalue weighted by Crippen LogP contribution is 2.49. The summed E-state index contributed by atoms with van der Waals surface area (Å²) in [6, 6.07) is 17.4. The normalized spacial score (nSPS) is 20.5. The Morgan fingerprint density at radius 1 is 1.11 bits per heavy atom. The summed E-state index contributed by atoms with van der Waals surface area (Å²) in [5.41, 5.74) is 2.84. The number of fused-ring (bicyclic) bond motifs is 3. The van der Waals surface area contributed by atoms with Crippen molar-refractivity contribution in [2.75, 3.05) is 7.11 Å². The van der Waals surface area contributed by atoms with E-state index in [1.54, 1.807) is 13.4 Å². The summed E-state index contributed by atoms with van der Waals surface area (Å²) in [5.74, 6) is 2.35. The number of para-hydroxylation sites is 1. The minimum Gasteiger partial charge on any atom is -0.496 e. The highest BCUT2D eigenvalue weighted by Gasteiger charge is 2.42. The topological polar surface area (TPSA) is 47.2 Å². The first-order chi connectivity index (χ1) is 13.2. The van der Waals surface area contributed by atoms with Crippen LogP contribution >= 0.6 is 11.6 Å². The molecule has 5 nitrogen and oxygen atoms in total. The number of hydrogen-bond acceptors (Lipinski definition) is 5. The molecule has 1 aromatic heterocycles. The lowest BCUT2D eigenvalue weighted by atomic mass is 9.97. The van der Waals surface area contributed by atoms with Crippen LogP contribution in [0.3, 0.4) is 0 Å². The fraction of sp³-hybridized carbons (Fsp3) is 0.190. The number of rotatable bonds is 3. The van der Waals surface area contributed by atoms with Crippen LogP contribution in [0.1, 0.15) is 35.6 Å². The van der Waals surface area contributed by atoms with Gasteiger partial charge in [-0.3, -0.25) is 0 Å². The fourth-order valence-electron chi connectivity index (χ4n) is 3.73. The molecule has 0 saturated carbocycles. The molecule has 0 amide bonds. The van der Waals surface area contributed by atoms with Crippen molar-refractivity contribution in [3.05, 3.63) is 82.8 Å². The fourth-order valence-corrected chi connectivity index (χ4v) is 3.91. The third-order valence-electron chi connectivity index (χ3n) is 4.96. The molecular weight excluding hydrogens is 364 g/mol. The SMILES string of the molecule is COc1ccccc1[C@@H]1Oc2ccc(Cl)cc2[C@H]2CC(c3ccco3)=NN21. The van der Waals surface area contributed by atoms with E-state index < -0.39 is 6.23 Å². The van der Waals surface area contributed by atoms with Gasteiger partial charge in [-0.2, -0.15) is 5.10 Å². The van der Waals surface area contributed by atoms with Crippen LogP contribution in [0.2, 0.25) is 5.02 Å². The quantitative estimate of drug-likeness (QED) is 0.627. The molecule has 2 aromatic carbocycles. The summed E-state index contributed by atoms with van der Waals surface area (Å²) >= 11 is 6.25. The van der Waals surface area contributed by atoms with Gasteiger partial charge in [0.15, 0.2) is 0 Å². The van der Waals surface area contributed by atoms with Crippen molar-refractivity contribution in [2.45, 2.75) is 18.7 Å². The molecule has 2 atom stereocenters. The van der Waals surface area contributed by atoms with Gasteiger partial charge in [0, 0.05) is 17.0 Å². The van der Waals surface area contributed by atoms with E-state index in [1.807, 2.05) is 59.6 Å². The Bertz CT molecular complexity index is 1020. The first-order valence-corrected chi connectivity index (χ1v) is 9.11. The molecule has 0 bridgehead atoms. The maximum atomic E-state index is 6.34. The minimum atomic E-state index is -0.396. The number of benzene rings is 2. The van der Waals surface area contributed by atoms with Crippen molar-refractivity contribution in [2.24, 2.45) is 5.10 Å². The lowest BCUT2D eigenvalue weighted by Gasteiger charge is -2.38. The molecule has 3 aromatic rings. The Hall–Kier alpha value is -2.92. The lowest BCUT2D eigenvalue weighted by molar-refractivity contribution is -0.0203. The molecule has 0 fully saturated rings. The number of ether oxygens (including phenoxy) is 2. The maximum Gasteiger partial charge on any atom is 0.217 e. The molecule has 0 saturated heterocycles. The zero-order chi connectivity index (χ0) is 18.4. The van der Waals surface area contributed by atoms with Crippen molar-refractivity contribution in [1.82, 2.24) is 5.01 Å². The van der Waals surface area contributed by atoms with Gasteiger partial charge in [-0.05, 0) is 42.5 Å². The molecule has 3 heterocycles. The van der Waals surface area contributed by atoms with Gasteiger partial charge in [-0.1, -0.05) is 23.7 Å². The summed E-state index contributed by atoms with van der Waals surface area (Å²) in [6.07, 6.45) is 1.98. The zero-order valence-corrected chi connectivity index (χ0v) is 15.4. The Labute approximate surface area is 161 Å². The average molecular weight is 381 g/mol. The van der Waals surface area contributed by atoms with Crippen LogP contribution in [0, 0.1) is 0 Å². The highest BCUT2D eigenvalue weighted by molar-refractivity contribution is 6.30. The number of methoxy groups -OCH3 is 1. The Morgan fingerprint density at radius 2 is 2.00 bits per heavy atom. The second-order valence-corrected chi connectivity index (χ2v) is 6.95. The van der Waals surface area contributed by atoms with Gasteiger partial charge in [0.25, 0.3) is 0 Å². The molecule has 2 aliphatic heterocycles. The van der Waals surface area contributed by atoms with E-state index in [0.29, 0.717) is 5.02 Å². The molecule has 0 spiro atoms.